The Balaban J connectivity index is 1.54. The molecular formula is C22H26N4O4S. The molecule has 0 aliphatic rings. The quantitative estimate of drug-likeness (QED) is 0.417. The highest BCUT2D eigenvalue weighted by Gasteiger charge is 2.15. The van der Waals surface area contributed by atoms with Crippen molar-refractivity contribution in [3.63, 3.8) is 0 Å². The Kier molecular flexibility index (Phi) is 7.30. The fourth-order valence-corrected chi connectivity index (χ4v) is 4.05. The van der Waals surface area contributed by atoms with Crippen molar-refractivity contribution in [3.05, 3.63) is 71.5 Å². The predicted molar refractivity (Wildman–Crippen MR) is 119 cm³/mol. The molecule has 0 radical (unpaired) electrons. The van der Waals surface area contributed by atoms with Crippen molar-refractivity contribution in [2.24, 2.45) is 0 Å². The molecule has 0 aliphatic carbocycles. The van der Waals surface area contributed by atoms with Crippen molar-refractivity contribution in [2.45, 2.75) is 31.6 Å². The predicted octanol–water partition coefficient (Wildman–Crippen LogP) is 3.28. The second-order valence-electron chi connectivity index (χ2n) is 6.97. The van der Waals surface area contributed by atoms with Crippen LogP contribution in [-0.4, -0.2) is 37.7 Å². The van der Waals surface area contributed by atoms with Crippen LogP contribution in [0.4, 0.5) is 5.69 Å². The van der Waals surface area contributed by atoms with Gasteiger partial charge in [-0.15, -0.1) is 0 Å². The molecule has 0 saturated carbocycles. The lowest BCUT2D eigenvalue weighted by atomic mass is 10.1. The molecule has 9 heteroatoms. The Bertz CT molecular complexity index is 1110. The number of aryl methyl sites for hydroxylation is 2. The molecule has 164 valence electrons. The van der Waals surface area contributed by atoms with Crippen LogP contribution in [0.5, 0.6) is 5.75 Å². The van der Waals surface area contributed by atoms with E-state index in [1.165, 1.54) is 24.3 Å². The fraction of sp³-hybridized carbons (Fsp3) is 0.273. The van der Waals surface area contributed by atoms with E-state index in [2.05, 4.69) is 20.2 Å². The van der Waals surface area contributed by atoms with Gasteiger partial charge in [0, 0.05) is 23.5 Å². The minimum atomic E-state index is -3.76. The third-order valence-electron chi connectivity index (χ3n) is 4.69. The van der Waals surface area contributed by atoms with Crippen LogP contribution < -0.4 is 14.8 Å². The topological polar surface area (TPSA) is 113 Å². The highest BCUT2D eigenvalue weighted by atomic mass is 32.2. The van der Waals surface area contributed by atoms with Crippen LogP contribution in [0.3, 0.4) is 0 Å². The summed E-state index contributed by atoms with van der Waals surface area (Å²) in [6.45, 7) is 4.89. The zero-order valence-electron chi connectivity index (χ0n) is 17.5. The average molecular weight is 443 g/mol. The monoisotopic (exact) mass is 442 g/mol. The molecule has 8 nitrogen and oxygen atoms in total. The lowest BCUT2D eigenvalue weighted by molar-refractivity contribution is 0.0953. The van der Waals surface area contributed by atoms with E-state index in [1.54, 1.807) is 30.5 Å². The number of ether oxygens (including phenoxy) is 1. The summed E-state index contributed by atoms with van der Waals surface area (Å²) in [6, 6.07) is 12.5. The number of sulfonamides is 1. The first-order chi connectivity index (χ1) is 14.9. The number of carbonyl (C=O) groups is 1. The molecule has 0 fully saturated rings. The van der Waals surface area contributed by atoms with Crippen molar-refractivity contribution >= 4 is 21.6 Å². The SMILES string of the molecule is CCOc1ccc(NS(=O)(=O)c2ccc(C(=O)NCCCc3cn[nH]c3C)cc2)cc1. The Morgan fingerprint density at radius 2 is 1.81 bits per heavy atom. The summed E-state index contributed by atoms with van der Waals surface area (Å²) in [5.41, 5.74) is 2.99. The number of H-pyrrole nitrogens is 1. The van der Waals surface area contributed by atoms with Crippen molar-refractivity contribution in [3.8, 4) is 5.75 Å². The number of aromatic nitrogens is 2. The van der Waals surface area contributed by atoms with Gasteiger partial charge in [-0.05, 0) is 80.8 Å². The number of hydrogen-bond donors (Lipinski definition) is 3. The van der Waals surface area contributed by atoms with E-state index in [1.807, 2.05) is 13.8 Å². The maximum absolute atomic E-state index is 12.6. The van der Waals surface area contributed by atoms with E-state index >= 15 is 0 Å². The lowest BCUT2D eigenvalue weighted by Gasteiger charge is -2.10. The van der Waals surface area contributed by atoms with Gasteiger partial charge >= 0.3 is 0 Å². The molecule has 0 spiro atoms. The first-order valence-electron chi connectivity index (χ1n) is 10.0. The Hall–Kier alpha value is -3.33. The average Bonchev–Trinajstić information content (AvgIpc) is 3.17. The summed E-state index contributed by atoms with van der Waals surface area (Å²) in [5, 5.41) is 9.71. The van der Waals surface area contributed by atoms with Gasteiger partial charge in [0.2, 0.25) is 0 Å². The molecule has 3 rings (SSSR count). The highest BCUT2D eigenvalue weighted by Crippen LogP contribution is 2.20. The van der Waals surface area contributed by atoms with Crippen molar-refractivity contribution < 1.29 is 17.9 Å². The number of anilines is 1. The number of aromatic amines is 1. The zero-order chi connectivity index (χ0) is 22.3. The van der Waals surface area contributed by atoms with E-state index in [0.717, 1.165) is 24.1 Å². The number of nitrogens with zero attached hydrogens (tertiary/aromatic N) is 1. The molecule has 1 heterocycles. The van der Waals surface area contributed by atoms with Crippen LogP contribution in [-0.2, 0) is 16.4 Å². The van der Waals surface area contributed by atoms with E-state index in [4.69, 9.17) is 4.74 Å². The smallest absolute Gasteiger partial charge is 0.261 e. The van der Waals surface area contributed by atoms with Gasteiger partial charge < -0.3 is 10.1 Å². The van der Waals surface area contributed by atoms with Crippen LogP contribution in [0.25, 0.3) is 0 Å². The second-order valence-corrected chi connectivity index (χ2v) is 8.65. The zero-order valence-corrected chi connectivity index (χ0v) is 18.3. The molecule has 31 heavy (non-hydrogen) atoms. The third kappa shape index (κ3) is 6.08. The van der Waals surface area contributed by atoms with Gasteiger partial charge in [0.25, 0.3) is 15.9 Å². The molecule has 0 bridgehead atoms. The maximum atomic E-state index is 12.6. The normalized spacial score (nSPS) is 11.2. The van der Waals surface area contributed by atoms with Gasteiger partial charge in [-0.1, -0.05) is 0 Å². The van der Waals surface area contributed by atoms with Gasteiger partial charge in [-0.25, -0.2) is 8.42 Å². The molecular weight excluding hydrogens is 416 g/mol. The minimum Gasteiger partial charge on any atom is -0.494 e. The Labute approximate surface area is 182 Å². The van der Waals surface area contributed by atoms with E-state index in [9.17, 15) is 13.2 Å². The van der Waals surface area contributed by atoms with Crippen LogP contribution >= 0.6 is 0 Å². The molecule has 1 aromatic heterocycles. The molecule has 0 saturated heterocycles. The summed E-state index contributed by atoms with van der Waals surface area (Å²) < 4.78 is 33.1. The minimum absolute atomic E-state index is 0.0772. The molecule has 3 N–H and O–H groups in total. The molecule has 0 unspecified atom stereocenters. The summed E-state index contributed by atoms with van der Waals surface area (Å²) in [6.07, 6.45) is 3.39. The van der Waals surface area contributed by atoms with Crippen molar-refractivity contribution in [1.82, 2.24) is 15.5 Å². The van der Waals surface area contributed by atoms with Gasteiger partial charge in [0.1, 0.15) is 5.75 Å². The number of amides is 1. The maximum Gasteiger partial charge on any atom is 0.261 e. The largest absolute Gasteiger partial charge is 0.494 e. The fourth-order valence-electron chi connectivity index (χ4n) is 3.00. The number of hydrogen-bond acceptors (Lipinski definition) is 5. The second kappa shape index (κ2) is 10.1. The molecule has 0 atom stereocenters. The summed E-state index contributed by atoms with van der Waals surface area (Å²) in [5.74, 6) is 0.424. The molecule has 0 aliphatic heterocycles. The standard InChI is InChI=1S/C22H26N4O4S/c1-3-30-20-10-8-19(9-11-20)26-31(28,29)21-12-6-17(7-13-21)22(27)23-14-4-5-18-15-24-25-16(18)2/h6-13,15,26H,3-5,14H2,1-2H3,(H,23,27)(H,24,25). The van der Waals surface area contributed by atoms with Gasteiger partial charge in [0.15, 0.2) is 0 Å². The van der Waals surface area contributed by atoms with Crippen LogP contribution in [0.2, 0.25) is 0 Å². The highest BCUT2D eigenvalue weighted by molar-refractivity contribution is 7.92. The summed E-state index contributed by atoms with van der Waals surface area (Å²) in [4.78, 5) is 12.4. The van der Waals surface area contributed by atoms with E-state index in [-0.39, 0.29) is 10.8 Å². The van der Waals surface area contributed by atoms with Crippen molar-refractivity contribution in [2.75, 3.05) is 17.9 Å². The molecule has 3 aromatic rings. The van der Waals surface area contributed by atoms with Crippen LogP contribution in [0.1, 0.15) is 35.0 Å². The number of nitrogens with one attached hydrogen (secondary N) is 3. The van der Waals surface area contributed by atoms with E-state index in [0.29, 0.717) is 30.2 Å². The van der Waals surface area contributed by atoms with E-state index < -0.39 is 10.0 Å². The third-order valence-corrected chi connectivity index (χ3v) is 6.08. The van der Waals surface area contributed by atoms with Gasteiger partial charge in [0.05, 0.1) is 17.7 Å². The summed E-state index contributed by atoms with van der Waals surface area (Å²) >= 11 is 0. The lowest BCUT2D eigenvalue weighted by Crippen LogP contribution is -2.24. The number of carbonyl (C=O) groups excluding carboxylic acids is 1. The van der Waals surface area contributed by atoms with Crippen LogP contribution in [0, 0.1) is 6.92 Å². The number of benzene rings is 2. The molecule has 2 aromatic carbocycles. The Morgan fingerprint density at radius 3 is 2.42 bits per heavy atom. The summed E-state index contributed by atoms with van der Waals surface area (Å²) in [7, 11) is -3.76. The van der Waals surface area contributed by atoms with Crippen LogP contribution in [0.15, 0.2) is 59.6 Å². The first-order valence-corrected chi connectivity index (χ1v) is 11.5. The van der Waals surface area contributed by atoms with Gasteiger partial charge in [-0.2, -0.15) is 5.10 Å². The van der Waals surface area contributed by atoms with Gasteiger partial charge in [-0.3, -0.25) is 14.6 Å². The Morgan fingerprint density at radius 1 is 1.10 bits per heavy atom. The number of rotatable bonds is 10. The first kappa shape index (κ1) is 22.4. The molecule has 1 amide bonds. The van der Waals surface area contributed by atoms with Crippen molar-refractivity contribution in [1.29, 1.82) is 0 Å².